The van der Waals surface area contributed by atoms with Crippen molar-refractivity contribution in [1.29, 1.82) is 0 Å². The van der Waals surface area contributed by atoms with Gasteiger partial charge in [-0.1, -0.05) is 29.0 Å². The molecule has 2 heterocycles. The molecule has 1 fully saturated rings. The minimum atomic E-state index is 0.249. The Kier molecular flexibility index (Phi) is 4.08. The molecule has 1 saturated heterocycles. The Morgan fingerprint density at radius 2 is 2.10 bits per heavy atom. The molecular weight excluding hydrogens is 294 g/mol. The highest BCUT2D eigenvalue weighted by molar-refractivity contribution is 7.15. The van der Waals surface area contributed by atoms with Gasteiger partial charge in [-0.15, -0.1) is 10.2 Å². The van der Waals surface area contributed by atoms with Gasteiger partial charge in [-0.05, 0) is 25.1 Å². The fourth-order valence-corrected chi connectivity index (χ4v) is 3.23. The summed E-state index contributed by atoms with van der Waals surface area (Å²) in [4.78, 5) is 2.28. The van der Waals surface area contributed by atoms with Crippen LogP contribution in [0.4, 0.5) is 5.13 Å². The van der Waals surface area contributed by atoms with Crippen molar-refractivity contribution in [3.05, 3.63) is 34.3 Å². The zero-order chi connectivity index (χ0) is 13.9. The van der Waals surface area contributed by atoms with E-state index in [1.165, 1.54) is 0 Å². The Bertz CT molecular complexity index is 581. The Balaban J connectivity index is 1.56. The van der Waals surface area contributed by atoms with E-state index in [1.807, 2.05) is 31.2 Å². The van der Waals surface area contributed by atoms with Gasteiger partial charge in [0.1, 0.15) is 16.9 Å². The largest absolute Gasteiger partial charge is 0.490 e. The number of aryl methyl sites for hydroxylation is 1. The topological polar surface area (TPSA) is 38.2 Å². The molecule has 1 aromatic heterocycles. The molecule has 0 spiro atoms. The third-order valence-corrected chi connectivity index (χ3v) is 4.46. The molecule has 1 aliphatic heterocycles. The lowest BCUT2D eigenvalue weighted by Gasteiger charge is -2.31. The van der Waals surface area contributed by atoms with Gasteiger partial charge in [-0.2, -0.15) is 0 Å². The standard InChI is InChI=1S/C14H16ClN3OS/c1-10-16-17-14(20-10)18-7-5-12(6-8-18)19-13-4-2-3-11(15)9-13/h2-4,9,12H,5-8H2,1H3. The van der Waals surface area contributed by atoms with Crippen molar-refractivity contribution in [2.45, 2.75) is 25.9 Å². The smallest absolute Gasteiger partial charge is 0.208 e. The van der Waals surface area contributed by atoms with Crippen LogP contribution >= 0.6 is 22.9 Å². The van der Waals surface area contributed by atoms with Crippen molar-refractivity contribution in [2.75, 3.05) is 18.0 Å². The monoisotopic (exact) mass is 309 g/mol. The highest BCUT2D eigenvalue weighted by Crippen LogP contribution is 2.26. The van der Waals surface area contributed by atoms with E-state index in [0.717, 1.165) is 41.8 Å². The van der Waals surface area contributed by atoms with Crippen LogP contribution in [-0.2, 0) is 0 Å². The summed E-state index contributed by atoms with van der Waals surface area (Å²) in [6.07, 6.45) is 2.23. The van der Waals surface area contributed by atoms with Gasteiger partial charge in [-0.25, -0.2) is 0 Å². The van der Waals surface area contributed by atoms with Crippen molar-refractivity contribution in [1.82, 2.24) is 10.2 Å². The Hall–Kier alpha value is -1.33. The number of benzene rings is 1. The third kappa shape index (κ3) is 3.22. The molecule has 0 amide bonds. The summed E-state index contributed by atoms with van der Waals surface area (Å²) in [5.74, 6) is 0.850. The van der Waals surface area contributed by atoms with Crippen molar-refractivity contribution in [2.24, 2.45) is 0 Å². The molecule has 2 aromatic rings. The first-order valence-corrected chi connectivity index (χ1v) is 7.87. The lowest BCUT2D eigenvalue weighted by atomic mass is 10.1. The van der Waals surface area contributed by atoms with Crippen LogP contribution in [0.5, 0.6) is 5.75 Å². The second kappa shape index (κ2) is 5.97. The predicted octanol–water partition coefficient (Wildman–Crippen LogP) is 3.55. The van der Waals surface area contributed by atoms with Gasteiger partial charge in [0.25, 0.3) is 0 Å². The summed E-state index contributed by atoms with van der Waals surface area (Å²) in [6, 6.07) is 7.58. The van der Waals surface area contributed by atoms with Gasteiger partial charge >= 0.3 is 0 Å². The summed E-state index contributed by atoms with van der Waals surface area (Å²) in [5, 5.41) is 11.0. The number of nitrogens with zero attached hydrogens (tertiary/aromatic N) is 3. The van der Waals surface area contributed by atoms with Crippen LogP contribution in [0.15, 0.2) is 24.3 Å². The van der Waals surface area contributed by atoms with Crippen molar-refractivity contribution >= 4 is 28.1 Å². The molecule has 0 aliphatic carbocycles. The Morgan fingerprint density at radius 3 is 2.75 bits per heavy atom. The highest BCUT2D eigenvalue weighted by atomic mass is 35.5. The first-order valence-electron chi connectivity index (χ1n) is 6.68. The van der Waals surface area contributed by atoms with Crippen molar-refractivity contribution in [3.63, 3.8) is 0 Å². The normalized spacial score (nSPS) is 16.4. The predicted molar refractivity (Wildman–Crippen MR) is 82.0 cm³/mol. The van der Waals surface area contributed by atoms with Crippen LogP contribution < -0.4 is 9.64 Å². The number of hydrogen-bond donors (Lipinski definition) is 0. The Morgan fingerprint density at radius 1 is 1.30 bits per heavy atom. The molecule has 0 bridgehead atoms. The lowest BCUT2D eigenvalue weighted by Crippen LogP contribution is -2.38. The maximum atomic E-state index is 5.98. The number of piperidine rings is 1. The van der Waals surface area contributed by atoms with Crippen molar-refractivity contribution < 1.29 is 4.74 Å². The minimum absolute atomic E-state index is 0.249. The van der Waals surface area contributed by atoms with Crippen LogP contribution in [0, 0.1) is 6.92 Å². The molecule has 1 aromatic carbocycles. The first-order chi connectivity index (χ1) is 9.70. The van der Waals surface area contributed by atoms with E-state index in [4.69, 9.17) is 16.3 Å². The van der Waals surface area contributed by atoms with Crippen LogP contribution in [0.25, 0.3) is 0 Å². The average molecular weight is 310 g/mol. The van der Waals surface area contributed by atoms with E-state index in [0.29, 0.717) is 5.02 Å². The Labute approximate surface area is 127 Å². The summed E-state index contributed by atoms with van der Waals surface area (Å²) < 4.78 is 5.98. The van der Waals surface area contributed by atoms with Crippen molar-refractivity contribution in [3.8, 4) is 5.75 Å². The second-order valence-corrected chi connectivity index (χ2v) is 6.46. The molecule has 0 N–H and O–H groups in total. The van der Waals surface area contributed by atoms with Crippen LogP contribution in [-0.4, -0.2) is 29.4 Å². The van der Waals surface area contributed by atoms with E-state index in [1.54, 1.807) is 11.3 Å². The van der Waals surface area contributed by atoms with E-state index < -0.39 is 0 Å². The highest BCUT2D eigenvalue weighted by Gasteiger charge is 2.22. The number of rotatable bonds is 3. The maximum Gasteiger partial charge on any atom is 0.208 e. The molecule has 3 rings (SSSR count). The van der Waals surface area contributed by atoms with Gasteiger partial charge in [0.15, 0.2) is 0 Å². The third-order valence-electron chi connectivity index (χ3n) is 3.33. The van der Waals surface area contributed by atoms with E-state index in [2.05, 4.69) is 15.1 Å². The number of anilines is 1. The molecule has 20 heavy (non-hydrogen) atoms. The van der Waals surface area contributed by atoms with Crippen LogP contribution in [0.3, 0.4) is 0 Å². The summed E-state index contributed by atoms with van der Waals surface area (Å²) in [7, 11) is 0. The molecule has 1 aliphatic rings. The summed E-state index contributed by atoms with van der Waals surface area (Å²) in [5.41, 5.74) is 0. The van der Waals surface area contributed by atoms with Gasteiger partial charge < -0.3 is 9.64 Å². The minimum Gasteiger partial charge on any atom is -0.490 e. The molecule has 6 heteroatoms. The first kappa shape index (κ1) is 13.6. The van der Waals surface area contributed by atoms with Crippen LogP contribution in [0.1, 0.15) is 17.8 Å². The average Bonchev–Trinajstić information content (AvgIpc) is 2.86. The summed E-state index contributed by atoms with van der Waals surface area (Å²) in [6.45, 7) is 3.90. The number of hydrogen-bond acceptors (Lipinski definition) is 5. The summed E-state index contributed by atoms with van der Waals surface area (Å²) >= 11 is 7.61. The lowest BCUT2D eigenvalue weighted by molar-refractivity contribution is 0.171. The zero-order valence-electron chi connectivity index (χ0n) is 11.3. The quantitative estimate of drug-likeness (QED) is 0.869. The maximum absolute atomic E-state index is 5.98. The molecular formula is C14H16ClN3OS. The van der Waals surface area contributed by atoms with E-state index in [-0.39, 0.29) is 6.10 Å². The fourth-order valence-electron chi connectivity index (χ4n) is 2.31. The molecule has 4 nitrogen and oxygen atoms in total. The molecule has 0 unspecified atom stereocenters. The number of aromatic nitrogens is 2. The zero-order valence-corrected chi connectivity index (χ0v) is 12.8. The SMILES string of the molecule is Cc1nnc(N2CCC(Oc3cccc(Cl)c3)CC2)s1. The van der Waals surface area contributed by atoms with E-state index >= 15 is 0 Å². The second-order valence-electron chi connectivity index (χ2n) is 4.87. The van der Waals surface area contributed by atoms with Crippen LogP contribution in [0.2, 0.25) is 5.02 Å². The molecule has 0 atom stereocenters. The van der Waals surface area contributed by atoms with E-state index in [9.17, 15) is 0 Å². The molecule has 106 valence electrons. The van der Waals surface area contributed by atoms with Gasteiger partial charge in [0, 0.05) is 31.0 Å². The fraction of sp³-hybridized carbons (Fsp3) is 0.429. The van der Waals surface area contributed by atoms with Gasteiger partial charge in [0.05, 0.1) is 0 Å². The number of halogens is 1. The number of ether oxygens (including phenoxy) is 1. The molecule has 0 radical (unpaired) electrons. The van der Waals surface area contributed by atoms with Gasteiger partial charge in [0.2, 0.25) is 5.13 Å². The van der Waals surface area contributed by atoms with Gasteiger partial charge in [-0.3, -0.25) is 0 Å². The molecule has 0 saturated carbocycles.